The predicted molar refractivity (Wildman–Crippen MR) is 89.7 cm³/mol. The first-order valence-electron chi connectivity index (χ1n) is 7.16. The van der Waals surface area contributed by atoms with Gasteiger partial charge in [0, 0.05) is 6.20 Å². The molecule has 2 aromatic carbocycles. The van der Waals surface area contributed by atoms with Gasteiger partial charge in [-0.25, -0.2) is 8.42 Å². The summed E-state index contributed by atoms with van der Waals surface area (Å²) in [6, 6.07) is 17.5. The molecule has 0 atom stereocenters. The molecule has 3 aromatic rings. The zero-order valence-electron chi connectivity index (χ0n) is 12.6. The number of hydrogen-bond donors (Lipinski definition) is 1. The summed E-state index contributed by atoms with van der Waals surface area (Å²) in [5.41, 5.74) is 1.72. The van der Waals surface area contributed by atoms with Crippen LogP contribution in [0.4, 0.5) is 5.69 Å². The SMILES string of the molecule is N#Cc1cccc(S(=O)(=O)Nc2cnn(Cc3ccccc3)c2)c1. The van der Waals surface area contributed by atoms with Gasteiger partial charge in [0.15, 0.2) is 0 Å². The van der Waals surface area contributed by atoms with Crippen molar-refractivity contribution in [2.75, 3.05) is 4.72 Å². The highest BCUT2D eigenvalue weighted by Gasteiger charge is 2.15. The van der Waals surface area contributed by atoms with E-state index in [9.17, 15) is 8.42 Å². The van der Waals surface area contributed by atoms with Gasteiger partial charge in [0.05, 0.1) is 35.0 Å². The first-order valence-corrected chi connectivity index (χ1v) is 8.64. The normalized spacial score (nSPS) is 11.0. The van der Waals surface area contributed by atoms with E-state index in [2.05, 4.69) is 9.82 Å². The van der Waals surface area contributed by atoms with Crippen molar-refractivity contribution in [3.05, 3.63) is 78.1 Å². The van der Waals surface area contributed by atoms with Crippen LogP contribution in [-0.2, 0) is 16.6 Å². The molecular formula is C17H14N4O2S. The third kappa shape index (κ3) is 3.62. The van der Waals surface area contributed by atoms with E-state index in [4.69, 9.17) is 5.26 Å². The van der Waals surface area contributed by atoms with E-state index in [1.807, 2.05) is 36.4 Å². The second kappa shape index (κ2) is 6.56. The maximum Gasteiger partial charge on any atom is 0.262 e. The van der Waals surface area contributed by atoms with Crippen LogP contribution in [0.2, 0.25) is 0 Å². The number of benzene rings is 2. The van der Waals surface area contributed by atoms with Crippen LogP contribution in [0, 0.1) is 11.3 Å². The van der Waals surface area contributed by atoms with E-state index >= 15 is 0 Å². The number of rotatable bonds is 5. The lowest BCUT2D eigenvalue weighted by Gasteiger charge is -2.06. The molecule has 0 amide bonds. The molecule has 0 saturated heterocycles. The van der Waals surface area contributed by atoms with Gasteiger partial charge in [-0.3, -0.25) is 9.40 Å². The summed E-state index contributed by atoms with van der Waals surface area (Å²) in [7, 11) is -3.76. The van der Waals surface area contributed by atoms with Gasteiger partial charge in [0.25, 0.3) is 10.0 Å². The smallest absolute Gasteiger partial charge is 0.262 e. The van der Waals surface area contributed by atoms with Crippen molar-refractivity contribution in [2.45, 2.75) is 11.4 Å². The summed E-state index contributed by atoms with van der Waals surface area (Å²) >= 11 is 0. The maximum atomic E-state index is 12.4. The lowest BCUT2D eigenvalue weighted by molar-refractivity contribution is 0.601. The van der Waals surface area contributed by atoms with E-state index in [0.717, 1.165) is 5.56 Å². The standard InChI is InChI=1S/C17H14N4O2S/c18-10-15-7-4-8-17(9-15)24(22,23)20-16-11-19-21(13-16)12-14-5-2-1-3-6-14/h1-9,11,13,20H,12H2. The summed E-state index contributed by atoms with van der Waals surface area (Å²) in [6.07, 6.45) is 3.08. The minimum atomic E-state index is -3.76. The van der Waals surface area contributed by atoms with Crippen LogP contribution in [0.1, 0.15) is 11.1 Å². The van der Waals surface area contributed by atoms with Crippen LogP contribution in [0.5, 0.6) is 0 Å². The lowest BCUT2D eigenvalue weighted by Crippen LogP contribution is -2.12. The van der Waals surface area contributed by atoms with Gasteiger partial charge in [0.2, 0.25) is 0 Å². The van der Waals surface area contributed by atoms with E-state index in [1.54, 1.807) is 16.9 Å². The molecule has 0 aliphatic heterocycles. The topological polar surface area (TPSA) is 87.8 Å². The zero-order chi connectivity index (χ0) is 17.0. The highest BCUT2D eigenvalue weighted by atomic mass is 32.2. The van der Waals surface area contributed by atoms with Gasteiger partial charge >= 0.3 is 0 Å². The molecule has 1 heterocycles. The number of anilines is 1. The third-order valence-electron chi connectivity index (χ3n) is 3.35. The van der Waals surface area contributed by atoms with Crippen molar-refractivity contribution in [1.82, 2.24) is 9.78 Å². The molecule has 6 nitrogen and oxygen atoms in total. The highest BCUT2D eigenvalue weighted by Crippen LogP contribution is 2.17. The summed E-state index contributed by atoms with van der Waals surface area (Å²) in [5, 5.41) is 13.0. The van der Waals surface area contributed by atoms with Crippen molar-refractivity contribution < 1.29 is 8.42 Å². The molecule has 0 radical (unpaired) electrons. The molecule has 0 aliphatic carbocycles. The van der Waals surface area contributed by atoms with E-state index in [-0.39, 0.29) is 10.5 Å². The van der Waals surface area contributed by atoms with Crippen molar-refractivity contribution in [3.8, 4) is 6.07 Å². The number of aromatic nitrogens is 2. The quantitative estimate of drug-likeness (QED) is 0.774. The van der Waals surface area contributed by atoms with Crippen LogP contribution in [-0.4, -0.2) is 18.2 Å². The van der Waals surface area contributed by atoms with E-state index < -0.39 is 10.0 Å². The van der Waals surface area contributed by atoms with Gasteiger partial charge in [0.1, 0.15) is 0 Å². The van der Waals surface area contributed by atoms with Gasteiger partial charge < -0.3 is 0 Å². The number of sulfonamides is 1. The molecule has 0 bridgehead atoms. The van der Waals surface area contributed by atoms with E-state index in [1.165, 1.54) is 24.4 Å². The molecule has 0 fully saturated rings. The average Bonchev–Trinajstić information content (AvgIpc) is 3.02. The Hall–Kier alpha value is -3.11. The Labute approximate surface area is 140 Å². The first-order chi connectivity index (χ1) is 11.6. The summed E-state index contributed by atoms with van der Waals surface area (Å²) < 4.78 is 28.9. The molecule has 1 aromatic heterocycles. The molecule has 0 spiro atoms. The van der Waals surface area contributed by atoms with E-state index in [0.29, 0.717) is 12.2 Å². The highest BCUT2D eigenvalue weighted by molar-refractivity contribution is 7.92. The molecule has 7 heteroatoms. The Bertz CT molecular complexity index is 989. The lowest BCUT2D eigenvalue weighted by atomic mass is 10.2. The summed E-state index contributed by atoms with van der Waals surface area (Å²) in [6.45, 7) is 0.548. The van der Waals surface area contributed by atoms with Gasteiger partial charge in [-0.15, -0.1) is 0 Å². The minimum Gasteiger partial charge on any atom is -0.276 e. The predicted octanol–water partition coefficient (Wildman–Crippen LogP) is 2.60. The van der Waals surface area contributed by atoms with Gasteiger partial charge in [-0.1, -0.05) is 36.4 Å². The molecule has 0 saturated carbocycles. The fourth-order valence-corrected chi connectivity index (χ4v) is 3.29. The molecule has 0 unspecified atom stereocenters. The monoisotopic (exact) mass is 338 g/mol. The van der Waals surface area contributed by atoms with Crippen molar-refractivity contribution in [2.24, 2.45) is 0 Å². The fourth-order valence-electron chi connectivity index (χ4n) is 2.22. The largest absolute Gasteiger partial charge is 0.276 e. The molecular weight excluding hydrogens is 324 g/mol. The second-order valence-electron chi connectivity index (χ2n) is 5.16. The maximum absolute atomic E-state index is 12.4. The van der Waals surface area contributed by atoms with Gasteiger partial charge in [-0.05, 0) is 23.8 Å². The van der Waals surface area contributed by atoms with Crippen molar-refractivity contribution >= 4 is 15.7 Å². The average molecular weight is 338 g/mol. The molecule has 24 heavy (non-hydrogen) atoms. The molecule has 0 aliphatic rings. The number of hydrogen-bond acceptors (Lipinski definition) is 4. The van der Waals surface area contributed by atoms with Crippen LogP contribution >= 0.6 is 0 Å². The first kappa shape index (κ1) is 15.8. The van der Waals surface area contributed by atoms with Crippen LogP contribution in [0.25, 0.3) is 0 Å². The zero-order valence-corrected chi connectivity index (χ0v) is 13.4. The third-order valence-corrected chi connectivity index (χ3v) is 4.73. The second-order valence-corrected chi connectivity index (χ2v) is 6.84. The van der Waals surface area contributed by atoms with Crippen LogP contribution < -0.4 is 4.72 Å². The summed E-state index contributed by atoms with van der Waals surface area (Å²) in [4.78, 5) is 0.0392. The van der Waals surface area contributed by atoms with Gasteiger partial charge in [-0.2, -0.15) is 10.4 Å². The number of nitrogens with one attached hydrogen (secondary N) is 1. The molecule has 120 valence electrons. The van der Waals surface area contributed by atoms with Crippen LogP contribution in [0.3, 0.4) is 0 Å². The van der Waals surface area contributed by atoms with Crippen molar-refractivity contribution in [1.29, 1.82) is 5.26 Å². The number of nitrogens with zero attached hydrogens (tertiary/aromatic N) is 3. The Morgan fingerprint density at radius 1 is 1.12 bits per heavy atom. The summed E-state index contributed by atoms with van der Waals surface area (Å²) in [5.74, 6) is 0. The molecule has 3 rings (SSSR count). The fraction of sp³-hybridized carbons (Fsp3) is 0.0588. The molecule has 1 N–H and O–H groups in total. The van der Waals surface area contributed by atoms with Crippen molar-refractivity contribution in [3.63, 3.8) is 0 Å². The van der Waals surface area contributed by atoms with Crippen LogP contribution in [0.15, 0.2) is 71.9 Å². The Kier molecular flexibility index (Phi) is 4.31. The minimum absolute atomic E-state index is 0.0392. The Balaban J connectivity index is 1.77. The Morgan fingerprint density at radius 3 is 2.67 bits per heavy atom. The number of nitriles is 1. The Morgan fingerprint density at radius 2 is 1.92 bits per heavy atom.